The lowest BCUT2D eigenvalue weighted by atomic mass is 10.0. The molecule has 1 heterocycles. The predicted octanol–water partition coefficient (Wildman–Crippen LogP) is 3.79. The van der Waals surface area contributed by atoms with Gasteiger partial charge in [0.05, 0.1) is 0 Å². The van der Waals surface area contributed by atoms with Gasteiger partial charge in [-0.2, -0.15) is 0 Å². The number of hydrogen-bond donors (Lipinski definition) is 0. The van der Waals surface area contributed by atoms with Crippen molar-refractivity contribution in [3.8, 4) is 16.9 Å². The van der Waals surface area contributed by atoms with Crippen molar-refractivity contribution in [2.24, 2.45) is 4.99 Å². The van der Waals surface area contributed by atoms with Crippen LogP contribution in [0.4, 0.5) is 0 Å². The second kappa shape index (κ2) is 4.15. The van der Waals surface area contributed by atoms with Gasteiger partial charge in [0.1, 0.15) is 5.75 Å². The largest absolute Gasteiger partial charge is 0.438 e. The predicted molar refractivity (Wildman–Crippen MR) is 74.9 cm³/mol. The quantitative estimate of drug-likeness (QED) is 0.737. The maximum atomic E-state index is 5.68. The molecule has 18 heavy (non-hydrogen) atoms. The lowest BCUT2D eigenvalue weighted by molar-refractivity contribution is 0.570. The van der Waals surface area contributed by atoms with Gasteiger partial charge in [0.2, 0.25) is 5.90 Å². The first kappa shape index (κ1) is 10.8. The van der Waals surface area contributed by atoms with Crippen molar-refractivity contribution in [3.63, 3.8) is 0 Å². The number of hydrogen-bond acceptors (Lipinski definition) is 2. The molecule has 0 radical (unpaired) electrons. The van der Waals surface area contributed by atoms with Gasteiger partial charge < -0.3 is 4.74 Å². The van der Waals surface area contributed by atoms with E-state index < -0.39 is 0 Å². The van der Waals surface area contributed by atoms with E-state index in [4.69, 9.17) is 4.74 Å². The van der Waals surface area contributed by atoms with E-state index in [-0.39, 0.29) is 0 Å². The van der Waals surface area contributed by atoms with Crippen LogP contribution in [0, 0.1) is 0 Å². The second-order valence-corrected chi connectivity index (χ2v) is 4.19. The third-order valence-electron chi connectivity index (χ3n) is 3.08. The molecule has 0 unspecified atom stereocenters. The molecule has 0 aliphatic carbocycles. The molecule has 2 aromatic rings. The van der Waals surface area contributed by atoms with Crippen molar-refractivity contribution in [3.05, 3.63) is 60.7 Å². The van der Waals surface area contributed by atoms with Crippen LogP contribution in [0.15, 0.2) is 60.1 Å². The maximum absolute atomic E-state index is 5.68. The smallest absolute Gasteiger partial charge is 0.221 e. The number of benzene rings is 2. The molecule has 0 amide bonds. The Morgan fingerprint density at radius 2 is 1.78 bits per heavy atom. The van der Waals surface area contributed by atoms with Crippen LogP contribution in [-0.4, -0.2) is 12.9 Å². The molecule has 2 heteroatoms. The van der Waals surface area contributed by atoms with Crippen molar-refractivity contribution in [2.75, 3.05) is 7.05 Å². The van der Waals surface area contributed by atoms with Gasteiger partial charge in [0.15, 0.2) is 0 Å². The molecule has 88 valence electrons. The summed E-state index contributed by atoms with van der Waals surface area (Å²) in [6.07, 6.45) is 0. The lowest BCUT2D eigenvalue weighted by Crippen LogP contribution is -2.00. The molecule has 0 spiro atoms. The summed E-state index contributed by atoms with van der Waals surface area (Å²) in [5.74, 6) is 1.44. The highest BCUT2D eigenvalue weighted by Gasteiger charge is 2.22. The van der Waals surface area contributed by atoms with Gasteiger partial charge >= 0.3 is 0 Å². The molecule has 1 aliphatic rings. The fraction of sp³-hybridized carbons (Fsp3) is 0.0625. The van der Waals surface area contributed by atoms with E-state index in [0.29, 0.717) is 5.90 Å². The molecule has 0 fully saturated rings. The van der Waals surface area contributed by atoms with E-state index in [1.54, 1.807) is 7.05 Å². The summed E-state index contributed by atoms with van der Waals surface area (Å²) in [5.41, 5.74) is 4.19. The van der Waals surface area contributed by atoms with Crippen LogP contribution in [0.25, 0.3) is 16.7 Å². The van der Waals surface area contributed by atoms with Gasteiger partial charge in [-0.05, 0) is 23.3 Å². The van der Waals surface area contributed by atoms with Gasteiger partial charge in [-0.15, -0.1) is 0 Å². The normalized spacial score (nSPS) is 15.6. The van der Waals surface area contributed by atoms with Crippen molar-refractivity contribution >= 4 is 11.5 Å². The van der Waals surface area contributed by atoms with E-state index in [9.17, 15) is 0 Å². The number of rotatable bonds is 1. The van der Waals surface area contributed by atoms with Crippen LogP contribution in [0.5, 0.6) is 5.75 Å². The van der Waals surface area contributed by atoms with Crippen LogP contribution in [-0.2, 0) is 0 Å². The molecule has 0 aromatic heterocycles. The first-order chi connectivity index (χ1) is 8.79. The number of fused-ring (bicyclic) bond motifs is 1. The minimum atomic E-state index is 0.607. The first-order valence-electron chi connectivity index (χ1n) is 5.83. The molecule has 0 atom stereocenters. The van der Waals surface area contributed by atoms with E-state index in [0.717, 1.165) is 22.4 Å². The number of aliphatic imine (C=N–C) groups is 1. The number of ether oxygens (including phenoxy) is 1. The highest BCUT2D eigenvalue weighted by atomic mass is 16.5. The van der Waals surface area contributed by atoms with Crippen molar-refractivity contribution in [1.29, 1.82) is 0 Å². The Kier molecular flexibility index (Phi) is 2.49. The molecule has 2 aromatic carbocycles. The SMILES string of the molecule is C=C1/C(=N\C)Oc2cc(-c3ccccc3)ccc21. The topological polar surface area (TPSA) is 21.6 Å². The molecule has 3 rings (SSSR count). The fourth-order valence-electron chi connectivity index (χ4n) is 2.13. The fourth-order valence-corrected chi connectivity index (χ4v) is 2.13. The van der Waals surface area contributed by atoms with Crippen molar-refractivity contribution < 1.29 is 4.74 Å². The molecule has 0 N–H and O–H groups in total. The molecule has 2 nitrogen and oxygen atoms in total. The summed E-state index contributed by atoms with van der Waals surface area (Å²) in [6.45, 7) is 3.99. The zero-order valence-electron chi connectivity index (χ0n) is 10.2. The van der Waals surface area contributed by atoms with Gasteiger partial charge in [0.25, 0.3) is 0 Å². The van der Waals surface area contributed by atoms with Gasteiger partial charge in [-0.25, -0.2) is 0 Å². The standard InChI is InChI=1S/C16H13NO/c1-11-14-9-8-13(12-6-4-3-5-7-12)10-15(14)18-16(11)17-2/h3-10H,1H2,2H3/b17-16+. The average molecular weight is 235 g/mol. The van der Waals surface area contributed by atoms with E-state index in [1.165, 1.54) is 5.56 Å². The van der Waals surface area contributed by atoms with E-state index in [1.807, 2.05) is 30.3 Å². The molecule has 0 bridgehead atoms. The van der Waals surface area contributed by atoms with Gasteiger partial charge in [-0.3, -0.25) is 4.99 Å². The summed E-state index contributed by atoms with van der Waals surface area (Å²) in [6, 6.07) is 16.4. The van der Waals surface area contributed by atoms with Crippen molar-refractivity contribution in [1.82, 2.24) is 0 Å². The summed E-state index contributed by atoms with van der Waals surface area (Å²) in [7, 11) is 1.71. The third-order valence-corrected chi connectivity index (χ3v) is 3.08. The summed E-state index contributed by atoms with van der Waals surface area (Å²) in [5, 5.41) is 0. The Balaban J connectivity index is 2.08. The zero-order chi connectivity index (χ0) is 12.5. The molecular weight excluding hydrogens is 222 g/mol. The van der Waals surface area contributed by atoms with Gasteiger partial charge in [0, 0.05) is 18.2 Å². The van der Waals surface area contributed by atoms with E-state index in [2.05, 4.69) is 29.8 Å². The summed E-state index contributed by atoms with van der Waals surface area (Å²) in [4.78, 5) is 4.08. The highest BCUT2D eigenvalue weighted by molar-refractivity contribution is 6.23. The van der Waals surface area contributed by atoms with Crippen LogP contribution in [0.1, 0.15) is 5.56 Å². The minimum Gasteiger partial charge on any atom is -0.438 e. The number of nitrogens with zero attached hydrogens (tertiary/aromatic N) is 1. The Morgan fingerprint density at radius 3 is 2.50 bits per heavy atom. The summed E-state index contributed by atoms with van der Waals surface area (Å²) < 4.78 is 5.68. The Morgan fingerprint density at radius 1 is 1.00 bits per heavy atom. The Labute approximate surface area is 106 Å². The van der Waals surface area contributed by atoms with Crippen LogP contribution < -0.4 is 4.74 Å². The zero-order valence-corrected chi connectivity index (χ0v) is 10.2. The average Bonchev–Trinajstić information content (AvgIpc) is 2.76. The molecule has 0 saturated carbocycles. The van der Waals surface area contributed by atoms with Crippen LogP contribution in [0.3, 0.4) is 0 Å². The first-order valence-corrected chi connectivity index (χ1v) is 5.83. The van der Waals surface area contributed by atoms with Crippen LogP contribution >= 0.6 is 0 Å². The molecular formula is C16H13NO. The molecule has 1 aliphatic heterocycles. The van der Waals surface area contributed by atoms with E-state index >= 15 is 0 Å². The maximum Gasteiger partial charge on any atom is 0.221 e. The summed E-state index contributed by atoms with van der Waals surface area (Å²) >= 11 is 0. The Hall–Kier alpha value is -2.35. The highest BCUT2D eigenvalue weighted by Crippen LogP contribution is 2.36. The third kappa shape index (κ3) is 1.63. The monoisotopic (exact) mass is 235 g/mol. The van der Waals surface area contributed by atoms with Crippen LogP contribution in [0.2, 0.25) is 0 Å². The van der Waals surface area contributed by atoms with Crippen molar-refractivity contribution in [2.45, 2.75) is 0 Å². The minimum absolute atomic E-state index is 0.607. The lowest BCUT2D eigenvalue weighted by Gasteiger charge is -2.03. The second-order valence-electron chi connectivity index (χ2n) is 4.19. The molecule has 0 saturated heterocycles. The Bertz CT molecular complexity index is 641. The van der Waals surface area contributed by atoms with Gasteiger partial charge in [-0.1, -0.05) is 43.0 Å².